The van der Waals surface area contributed by atoms with Gasteiger partial charge in [-0.25, -0.2) is 9.67 Å². The molecule has 1 amide bonds. The number of hydrogen-bond acceptors (Lipinski definition) is 4. The third kappa shape index (κ3) is 2.07. The third-order valence-electron chi connectivity index (χ3n) is 2.73. The minimum Gasteiger partial charge on any atom is -0.339 e. The molecule has 0 aromatic carbocycles. The van der Waals surface area contributed by atoms with Crippen LogP contribution in [0.1, 0.15) is 20.3 Å². The average Bonchev–Trinajstić information content (AvgIpc) is 2.76. The summed E-state index contributed by atoms with van der Waals surface area (Å²) in [5.74, 6) is 0.225. The van der Waals surface area contributed by atoms with Gasteiger partial charge in [-0.1, -0.05) is 11.8 Å². The lowest BCUT2D eigenvalue weighted by Crippen LogP contribution is -2.34. The highest BCUT2D eigenvalue weighted by Crippen LogP contribution is 2.29. The SMILES string of the molecule is CC(C)N1CC[C@H](Sc2ncnn2C)C1=O. The molecular weight excluding hydrogens is 224 g/mol. The quantitative estimate of drug-likeness (QED) is 0.788. The zero-order valence-corrected chi connectivity index (χ0v) is 10.6. The van der Waals surface area contributed by atoms with E-state index in [4.69, 9.17) is 0 Å². The molecule has 0 radical (unpaired) electrons. The molecule has 88 valence electrons. The number of aryl methyl sites for hydroxylation is 1. The Labute approximate surface area is 99.2 Å². The van der Waals surface area contributed by atoms with Crippen molar-refractivity contribution in [3.05, 3.63) is 6.33 Å². The molecule has 1 aromatic heterocycles. The highest BCUT2D eigenvalue weighted by atomic mass is 32.2. The Morgan fingerprint density at radius 3 is 2.81 bits per heavy atom. The summed E-state index contributed by atoms with van der Waals surface area (Å²) in [7, 11) is 1.84. The first-order chi connectivity index (χ1) is 7.59. The fourth-order valence-corrected chi connectivity index (χ4v) is 2.84. The van der Waals surface area contributed by atoms with Crippen LogP contribution in [-0.4, -0.2) is 43.4 Å². The molecule has 0 N–H and O–H groups in total. The van der Waals surface area contributed by atoms with E-state index in [-0.39, 0.29) is 17.2 Å². The highest BCUT2D eigenvalue weighted by Gasteiger charge is 2.34. The monoisotopic (exact) mass is 240 g/mol. The van der Waals surface area contributed by atoms with Gasteiger partial charge >= 0.3 is 0 Å². The fraction of sp³-hybridized carbons (Fsp3) is 0.700. The Hall–Kier alpha value is -1.04. The minimum atomic E-state index is 0.00491. The Morgan fingerprint density at radius 2 is 2.31 bits per heavy atom. The van der Waals surface area contributed by atoms with E-state index in [0.717, 1.165) is 18.1 Å². The first-order valence-corrected chi connectivity index (χ1v) is 6.28. The molecule has 0 saturated carbocycles. The normalized spacial score (nSPS) is 21.1. The standard InChI is InChI=1S/C10H16N4OS/c1-7(2)14-5-4-8(9(14)15)16-10-11-6-12-13(10)3/h6-8H,4-5H2,1-3H3/t8-/m0/s1. The lowest BCUT2D eigenvalue weighted by molar-refractivity contribution is -0.128. The Bertz CT molecular complexity index is 390. The number of amides is 1. The smallest absolute Gasteiger partial charge is 0.236 e. The summed E-state index contributed by atoms with van der Waals surface area (Å²) in [6, 6.07) is 0.289. The van der Waals surface area contributed by atoms with E-state index in [1.165, 1.54) is 18.1 Å². The Balaban J connectivity index is 2.03. The van der Waals surface area contributed by atoms with Crippen LogP contribution in [-0.2, 0) is 11.8 Å². The molecule has 0 spiro atoms. The van der Waals surface area contributed by atoms with Crippen molar-refractivity contribution in [2.75, 3.05) is 6.54 Å². The number of likely N-dealkylation sites (tertiary alicyclic amines) is 1. The second kappa shape index (κ2) is 4.45. The van der Waals surface area contributed by atoms with Gasteiger partial charge in [0.1, 0.15) is 6.33 Å². The number of hydrogen-bond donors (Lipinski definition) is 0. The summed E-state index contributed by atoms with van der Waals surface area (Å²) in [5.41, 5.74) is 0. The molecule has 1 atom stereocenters. The molecule has 1 aliphatic heterocycles. The van der Waals surface area contributed by atoms with Gasteiger partial charge < -0.3 is 4.90 Å². The maximum atomic E-state index is 12.0. The molecule has 6 heteroatoms. The van der Waals surface area contributed by atoms with Crippen LogP contribution in [0.25, 0.3) is 0 Å². The molecule has 2 rings (SSSR count). The maximum absolute atomic E-state index is 12.0. The molecule has 5 nitrogen and oxygen atoms in total. The van der Waals surface area contributed by atoms with Gasteiger partial charge in [0.25, 0.3) is 0 Å². The van der Waals surface area contributed by atoms with Crippen LogP contribution < -0.4 is 0 Å². The first-order valence-electron chi connectivity index (χ1n) is 5.40. The predicted octanol–water partition coefficient (Wildman–Crippen LogP) is 0.916. The summed E-state index contributed by atoms with van der Waals surface area (Å²) in [6.07, 6.45) is 2.41. The predicted molar refractivity (Wildman–Crippen MR) is 62.1 cm³/mol. The van der Waals surface area contributed by atoms with E-state index in [2.05, 4.69) is 10.1 Å². The molecule has 1 aliphatic rings. The van der Waals surface area contributed by atoms with Crippen molar-refractivity contribution in [3.8, 4) is 0 Å². The Kier molecular flexibility index (Phi) is 3.18. The van der Waals surface area contributed by atoms with Crippen LogP contribution in [0.5, 0.6) is 0 Å². The number of nitrogens with zero attached hydrogens (tertiary/aromatic N) is 4. The number of thioether (sulfide) groups is 1. The molecule has 16 heavy (non-hydrogen) atoms. The summed E-state index contributed by atoms with van der Waals surface area (Å²) >= 11 is 1.51. The van der Waals surface area contributed by atoms with E-state index >= 15 is 0 Å². The van der Waals surface area contributed by atoms with E-state index in [9.17, 15) is 4.79 Å². The van der Waals surface area contributed by atoms with Crippen molar-refractivity contribution in [1.29, 1.82) is 0 Å². The molecule has 1 saturated heterocycles. The second-order valence-corrected chi connectivity index (χ2v) is 5.36. The third-order valence-corrected chi connectivity index (χ3v) is 4.03. The van der Waals surface area contributed by atoms with Gasteiger partial charge in [0.15, 0.2) is 5.16 Å². The molecule has 1 fully saturated rings. The van der Waals surface area contributed by atoms with Gasteiger partial charge in [-0.05, 0) is 20.3 Å². The van der Waals surface area contributed by atoms with Gasteiger partial charge in [0.05, 0.1) is 5.25 Å². The topological polar surface area (TPSA) is 51.0 Å². The second-order valence-electron chi connectivity index (χ2n) is 4.19. The molecule has 0 aliphatic carbocycles. The molecule has 2 heterocycles. The number of carbonyl (C=O) groups excluding carboxylic acids is 1. The van der Waals surface area contributed by atoms with Gasteiger partial charge in [0, 0.05) is 19.6 Å². The van der Waals surface area contributed by atoms with Crippen LogP contribution >= 0.6 is 11.8 Å². The van der Waals surface area contributed by atoms with Gasteiger partial charge in [0.2, 0.25) is 5.91 Å². The number of rotatable bonds is 3. The van der Waals surface area contributed by atoms with Crippen LogP contribution in [0.3, 0.4) is 0 Å². The Morgan fingerprint density at radius 1 is 1.56 bits per heavy atom. The summed E-state index contributed by atoms with van der Waals surface area (Å²) in [4.78, 5) is 18.1. The van der Waals surface area contributed by atoms with E-state index < -0.39 is 0 Å². The van der Waals surface area contributed by atoms with E-state index in [1.54, 1.807) is 4.68 Å². The van der Waals surface area contributed by atoms with E-state index in [0.29, 0.717) is 0 Å². The van der Waals surface area contributed by atoms with Crippen molar-refractivity contribution in [2.45, 2.75) is 36.7 Å². The van der Waals surface area contributed by atoms with Gasteiger partial charge in [-0.15, -0.1) is 0 Å². The zero-order valence-electron chi connectivity index (χ0n) is 9.75. The van der Waals surface area contributed by atoms with Crippen molar-refractivity contribution in [1.82, 2.24) is 19.7 Å². The number of carbonyl (C=O) groups is 1. The first kappa shape index (κ1) is 11.4. The van der Waals surface area contributed by atoms with Crippen molar-refractivity contribution in [2.24, 2.45) is 7.05 Å². The van der Waals surface area contributed by atoms with Crippen molar-refractivity contribution in [3.63, 3.8) is 0 Å². The number of aromatic nitrogens is 3. The fourth-order valence-electron chi connectivity index (χ4n) is 1.82. The van der Waals surface area contributed by atoms with Crippen molar-refractivity contribution >= 4 is 17.7 Å². The zero-order chi connectivity index (χ0) is 11.7. The van der Waals surface area contributed by atoms with Crippen molar-refractivity contribution < 1.29 is 4.79 Å². The van der Waals surface area contributed by atoms with Crippen LogP contribution in [0.2, 0.25) is 0 Å². The minimum absolute atomic E-state index is 0.00491. The lowest BCUT2D eigenvalue weighted by atomic mass is 10.3. The largest absolute Gasteiger partial charge is 0.339 e. The average molecular weight is 240 g/mol. The molecule has 0 unspecified atom stereocenters. The molecule has 0 bridgehead atoms. The summed E-state index contributed by atoms with van der Waals surface area (Å²) in [5, 5.41) is 4.81. The van der Waals surface area contributed by atoms with Crippen LogP contribution in [0.4, 0.5) is 0 Å². The van der Waals surface area contributed by atoms with Crippen LogP contribution in [0, 0.1) is 0 Å². The molecule has 1 aromatic rings. The summed E-state index contributed by atoms with van der Waals surface area (Å²) < 4.78 is 1.70. The van der Waals surface area contributed by atoms with Crippen LogP contribution in [0.15, 0.2) is 11.5 Å². The highest BCUT2D eigenvalue weighted by molar-refractivity contribution is 8.00. The molecular formula is C10H16N4OS. The lowest BCUT2D eigenvalue weighted by Gasteiger charge is -2.20. The van der Waals surface area contributed by atoms with Gasteiger partial charge in [-0.2, -0.15) is 5.10 Å². The van der Waals surface area contributed by atoms with Gasteiger partial charge in [-0.3, -0.25) is 4.79 Å². The summed E-state index contributed by atoms with van der Waals surface area (Å²) in [6.45, 7) is 4.95. The van der Waals surface area contributed by atoms with E-state index in [1.807, 2.05) is 25.8 Å². The maximum Gasteiger partial charge on any atom is 0.236 e.